The van der Waals surface area contributed by atoms with Crippen molar-refractivity contribution in [3.8, 4) is 0 Å². The summed E-state index contributed by atoms with van der Waals surface area (Å²) in [5, 5.41) is 17.3. The molecule has 0 saturated carbocycles. The number of ether oxygens (including phenoxy) is 1. The zero-order chi connectivity index (χ0) is 9.23. The smallest absolute Gasteiger partial charge is 0.100 e. The number of nitrogens with two attached hydrogens (primary N) is 1. The highest BCUT2D eigenvalue weighted by atomic mass is 16.5. The van der Waals surface area contributed by atoms with Crippen LogP contribution in [0.2, 0.25) is 0 Å². The predicted molar refractivity (Wildman–Crippen MR) is 46.8 cm³/mol. The van der Waals surface area contributed by atoms with Gasteiger partial charge in [0, 0.05) is 6.61 Å². The summed E-state index contributed by atoms with van der Waals surface area (Å²) in [5.74, 6) is 0. The molecule has 0 aromatic rings. The molecule has 0 amide bonds. The molecule has 0 aliphatic carbocycles. The predicted octanol–water partition coefficient (Wildman–Crippen LogP) is -0.515. The lowest BCUT2D eigenvalue weighted by Crippen LogP contribution is -2.19. The Balaban J connectivity index is 2.90. The Morgan fingerprint density at radius 3 is 2.58 bits per heavy atom. The van der Waals surface area contributed by atoms with Crippen LogP contribution in [0.4, 0.5) is 0 Å². The largest absolute Gasteiger partial charge is 0.394 e. The summed E-state index contributed by atoms with van der Waals surface area (Å²) in [6.07, 6.45) is 2.31. The standard InChI is InChI=1S/C8H19NO3/c9-4-2-1-3-5-12-7-8(11)6-10/h8,10-11H,1-7,9H2. The molecule has 0 heterocycles. The van der Waals surface area contributed by atoms with Crippen molar-refractivity contribution in [3.63, 3.8) is 0 Å². The molecule has 12 heavy (non-hydrogen) atoms. The number of aliphatic hydroxyl groups is 2. The fourth-order valence-corrected chi connectivity index (χ4v) is 0.797. The maximum atomic E-state index is 8.87. The minimum absolute atomic E-state index is 0.221. The monoisotopic (exact) mass is 177 g/mol. The molecule has 4 nitrogen and oxygen atoms in total. The van der Waals surface area contributed by atoms with Crippen LogP contribution < -0.4 is 5.73 Å². The fourth-order valence-electron chi connectivity index (χ4n) is 0.797. The van der Waals surface area contributed by atoms with E-state index in [2.05, 4.69) is 0 Å². The SMILES string of the molecule is NCCCCCOCC(O)CO. The number of hydrogen-bond acceptors (Lipinski definition) is 4. The fraction of sp³-hybridized carbons (Fsp3) is 1.00. The Hall–Kier alpha value is -0.160. The minimum Gasteiger partial charge on any atom is -0.394 e. The minimum atomic E-state index is -0.737. The highest BCUT2D eigenvalue weighted by Gasteiger charge is 2.00. The van der Waals surface area contributed by atoms with Crippen molar-refractivity contribution in [1.29, 1.82) is 0 Å². The van der Waals surface area contributed by atoms with Gasteiger partial charge in [0.15, 0.2) is 0 Å². The van der Waals surface area contributed by atoms with Crippen LogP contribution in [-0.2, 0) is 4.74 Å². The molecule has 0 saturated heterocycles. The molecule has 4 N–H and O–H groups in total. The van der Waals surface area contributed by atoms with Crippen LogP contribution in [0, 0.1) is 0 Å². The van der Waals surface area contributed by atoms with E-state index in [0.29, 0.717) is 6.61 Å². The van der Waals surface area contributed by atoms with Crippen molar-refractivity contribution in [1.82, 2.24) is 0 Å². The lowest BCUT2D eigenvalue weighted by atomic mass is 10.2. The van der Waals surface area contributed by atoms with Gasteiger partial charge in [0.2, 0.25) is 0 Å². The molecule has 0 aromatic carbocycles. The summed E-state index contributed by atoms with van der Waals surface area (Å²) in [7, 11) is 0. The van der Waals surface area contributed by atoms with Crippen LogP contribution in [0.5, 0.6) is 0 Å². The van der Waals surface area contributed by atoms with Crippen LogP contribution in [0.25, 0.3) is 0 Å². The molecule has 0 spiro atoms. The highest BCUT2D eigenvalue weighted by Crippen LogP contribution is 1.94. The van der Waals surface area contributed by atoms with E-state index in [4.69, 9.17) is 20.7 Å². The van der Waals surface area contributed by atoms with Gasteiger partial charge in [-0.2, -0.15) is 0 Å². The Morgan fingerprint density at radius 1 is 1.25 bits per heavy atom. The van der Waals surface area contributed by atoms with Crippen LogP contribution >= 0.6 is 0 Å². The van der Waals surface area contributed by atoms with Crippen LogP contribution in [0.15, 0.2) is 0 Å². The van der Waals surface area contributed by atoms with E-state index in [9.17, 15) is 0 Å². The maximum Gasteiger partial charge on any atom is 0.100 e. The zero-order valence-electron chi connectivity index (χ0n) is 7.41. The molecule has 1 unspecified atom stereocenters. The molecular weight excluding hydrogens is 158 g/mol. The van der Waals surface area contributed by atoms with Crippen molar-refractivity contribution >= 4 is 0 Å². The molecular formula is C8H19NO3. The van der Waals surface area contributed by atoms with E-state index < -0.39 is 6.10 Å². The van der Waals surface area contributed by atoms with Gasteiger partial charge in [-0.05, 0) is 25.8 Å². The second kappa shape index (κ2) is 8.93. The second-order valence-corrected chi connectivity index (χ2v) is 2.76. The normalized spacial score (nSPS) is 13.2. The van der Waals surface area contributed by atoms with Crippen LogP contribution in [0.1, 0.15) is 19.3 Å². The summed E-state index contributed by atoms with van der Waals surface area (Å²) in [6.45, 7) is 1.35. The summed E-state index contributed by atoms with van der Waals surface area (Å²) < 4.78 is 5.08. The van der Waals surface area contributed by atoms with E-state index in [1.54, 1.807) is 0 Å². The van der Waals surface area contributed by atoms with Crippen molar-refractivity contribution < 1.29 is 14.9 Å². The first-order chi connectivity index (χ1) is 5.81. The molecule has 0 aliphatic heterocycles. The van der Waals surface area contributed by atoms with Gasteiger partial charge in [-0.1, -0.05) is 0 Å². The molecule has 0 aromatic heterocycles. The van der Waals surface area contributed by atoms with E-state index in [1.807, 2.05) is 0 Å². The van der Waals surface area contributed by atoms with Gasteiger partial charge in [-0.25, -0.2) is 0 Å². The molecule has 0 aliphatic rings. The average molecular weight is 177 g/mol. The van der Waals surface area contributed by atoms with E-state index in [0.717, 1.165) is 25.8 Å². The van der Waals surface area contributed by atoms with Crippen LogP contribution in [-0.4, -0.2) is 42.7 Å². The van der Waals surface area contributed by atoms with E-state index in [1.165, 1.54) is 0 Å². The molecule has 74 valence electrons. The zero-order valence-corrected chi connectivity index (χ0v) is 7.41. The third-order valence-electron chi connectivity index (χ3n) is 1.51. The van der Waals surface area contributed by atoms with Crippen LogP contribution in [0.3, 0.4) is 0 Å². The number of aliphatic hydroxyl groups excluding tert-OH is 2. The molecule has 0 rings (SSSR count). The number of rotatable bonds is 8. The van der Waals surface area contributed by atoms with Gasteiger partial charge >= 0.3 is 0 Å². The van der Waals surface area contributed by atoms with Gasteiger partial charge < -0.3 is 20.7 Å². The van der Waals surface area contributed by atoms with E-state index in [-0.39, 0.29) is 13.2 Å². The maximum absolute atomic E-state index is 8.87. The summed E-state index contributed by atoms with van der Waals surface area (Å²) in [6, 6.07) is 0. The lowest BCUT2D eigenvalue weighted by Gasteiger charge is -2.07. The first-order valence-electron chi connectivity index (χ1n) is 4.38. The van der Waals surface area contributed by atoms with Gasteiger partial charge in [-0.3, -0.25) is 0 Å². The van der Waals surface area contributed by atoms with Gasteiger partial charge in [0.05, 0.1) is 13.2 Å². The third kappa shape index (κ3) is 7.94. The summed E-state index contributed by atoms with van der Waals surface area (Å²) in [4.78, 5) is 0. The third-order valence-corrected chi connectivity index (χ3v) is 1.51. The Morgan fingerprint density at radius 2 is 2.00 bits per heavy atom. The number of unbranched alkanes of at least 4 members (excludes halogenated alkanes) is 2. The lowest BCUT2D eigenvalue weighted by molar-refractivity contribution is 0.00531. The van der Waals surface area contributed by atoms with E-state index >= 15 is 0 Å². The first kappa shape index (κ1) is 11.8. The Kier molecular flexibility index (Phi) is 8.81. The molecule has 0 bridgehead atoms. The van der Waals surface area contributed by atoms with Gasteiger partial charge in [0.1, 0.15) is 6.10 Å². The van der Waals surface area contributed by atoms with Gasteiger partial charge in [-0.15, -0.1) is 0 Å². The second-order valence-electron chi connectivity index (χ2n) is 2.76. The summed E-state index contributed by atoms with van der Waals surface area (Å²) >= 11 is 0. The van der Waals surface area contributed by atoms with Crippen molar-refractivity contribution in [3.05, 3.63) is 0 Å². The Bertz CT molecular complexity index is 90.4. The molecule has 0 radical (unpaired) electrons. The molecule has 0 fully saturated rings. The summed E-state index contributed by atoms with van der Waals surface area (Å²) in [5.41, 5.74) is 5.30. The average Bonchev–Trinajstić information content (AvgIpc) is 2.10. The highest BCUT2D eigenvalue weighted by molar-refractivity contribution is 4.49. The number of hydrogen-bond donors (Lipinski definition) is 3. The Labute approximate surface area is 73.3 Å². The molecule has 1 atom stereocenters. The van der Waals surface area contributed by atoms with Crippen molar-refractivity contribution in [2.45, 2.75) is 25.4 Å². The quantitative estimate of drug-likeness (QED) is 0.436. The van der Waals surface area contributed by atoms with Crippen molar-refractivity contribution in [2.24, 2.45) is 5.73 Å². The molecule has 4 heteroatoms. The first-order valence-corrected chi connectivity index (χ1v) is 4.38. The van der Waals surface area contributed by atoms with Crippen molar-refractivity contribution in [2.75, 3.05) is 26.4 Å². The van der Waals surface area contributed by atoms with Gasteiger partial charge in [0.25, 0.3) is 0 Å². The topological polar surface area (TPSA) is 75.7 Å².